The summed E-state index contributed by atoms with van der Waals surface area (Å²) < 4.78 is 0. The first kappa shape index (κ1) is 12.4. The van der Waals surface area contributed by atoms with E-state index in [0.717, 1.165) is 31.5 Å². The van der Waals surface area contributed by atoms with Crippen molar-refractivity contribution in [2.75, 3.05) is 13.1 Å². The summed E-state index contributed by atoms with van der Waals surface area (Å²) >= 11 is 6.06. The van der Waals surface area contributed by atoms with E-state index in [9.17, 15) is 4.79 Å². The Kier molecular flexibility index (Phi) is 4.02. The lowest BCUT2D eigenvalue weighted by Crippen LogP contribution is -2.30. The molecule has 0 bridgehead atoms. The number of likely N-dealkylation sites (tertiary alicyclic amines) is 1. The van der Waals surface area contributed by atoms with Crippen molar-refractivity contribution >= 4 is 17.5 Å². The zero-order valence-electron chi connectivity index (χ0n) is 9.73. The van der Waals surface area contributed by atoms with Gasteiger partial charge in [-0.05, 0) is 24.5 Å². The van der Waals surface area contributed by atoms with Crippen LogP contribution in [0.3, 0.4) is 0 Å². The van der Waals surface area contributed by atoms with E-state index in [2.05, 4.69) is 0 Å². The quantitative estimate of drug-likeness (QED) is 0.898. The van der Waals surface area contributed by atoms with Crippen molar-refractivity contribution in [1.82, 2.24) is 4.90 Å². The first-order chi connectivity index (χ1) is 8.18. The molecule has 1 saturated heterocycles. The van der Waals surface area contributed by atoms with Crippen molar-refractivity contribution in [3.8, 4) is 0 Å². The summed E-state index contributed by atoms with van der Waals surface area (Å²) in [5.74, 6) is 0.134. The average molecular weight is 253 g/mol. The predicted octanol–water partition coefficient (Wildman–Crippen LogP) is 2.35. The largest absolute Gasteiger partial charge is 0.343 e. The van der Waals surface area contributed by atoms with Gasteiger partial charge in [-0.1, -0.05) is 29.8 Å². The van der Waals surface area contributed by atoms with Gasteiger partial charge >= 0.3 is 0 Å². The highest BCUT2D eigenvalue weighted by atomic mass is 35.5. The number of amides is 1. The SMILES string of the molecule is N[C@H](CC(=O)N1CCCC1)c1ccccc1Cl. The number of halogens is 1. The molecule has 2 rings (SSSR count). The van der Waals surface area contributed by atoms with Crippen molar-refractivity contribution in [3.05, 3.63) is 34.9 Å². The topological polar surface area (TPSA) is 46.3 Å². The lowest BCUT2D eigenvalue weighted by atomic mass is 10.0. The van der Waals surface area contributed by atoms with Crippen LogP contribution in [0.25, 0.3) is 0 Å². The first-order valence-corrected chi connectivity index (χ1v) is 6.34. The molecule has 0 spiro atoms. The maximum Gasteiger partial charge on any atom is 0.224 e. The van der Waals surface area contributed by atoms with E-state index in [0.29, 0.717) is 11.4 Å². The summed E-state index contributed by atoms with van der Waals surface area (Å²) in [6.45, 7) is 1.74. The summed E-state index contributed by atoms with van der Waals surface area (Å²) in [5.41, 5.74) is 6.88. The van der Waals surface area contributed by atoms with E-state index in [4.69, 9.17) is 17.3 Å². The Morgan fingerprint density at radius 3 is 2.65 bits per heavy atom. The van der Waals surface area contributed by atoms with E-state index < -0.39 is 0 Å². The number of hydrogen-bond acceptors (Lipinski definition) is 2. The Morgan fingerprint density at radius 1 is 1.35 bits per heavy atom. The molecule has 1 aromatic carbocycles. The van der Waals surface area contributed by atoms with Gasteiger partial charge in [0.05, 0.1) is 0 Å². The van der Waals surface area contributed by atoms with Gasteiger partial charge in [0, 0.05) is 30.6 Å². The van der Waals surface area contributed by atoms with E-state index in [1.165, 1.54) is 0 Å². The summed E-state index contributed by atoms with van der Waals surface area (Å²) in [5, 5.41) is 0.634. The Balaban J connectivity index is 1.99. The maximum atomic E-state index is 11.9. The van der Waals surface area contributed by atoms with E-state index in [-0.39, 0.29) is 11.9 Å². The number of nitrogens with zero attached hydrogens (tertiary/aromatic N) is 1. The standard InChI is InChI=1S/C13H17ClN2O/c14-11-6-2-1-5-10(11)12(15)9-13(17)16-7-3-4-8-16/h1-2,5-6,12H,3-4,7-9,15H2/t12-/m1/s1. The molecular weight excluding hydrogens is 236 g/mol. The third-order valence-corrected chi connectivity index (χ3v) is 3.50. The van der Waals surface area contributed by atoms with Crippen LogP contribution in [-0.2, 0) is 4.79 Å². The monoisotopic (exact) mass is 252 g/mol. The average Bonchev–Trinajstić information content (AvgIpc) is 2.82. The molecule has 0 saturated carbocycles. The van der Waals surface area contributed by atoms with Crippen molar-refractivity contribution in [2.24, 2.45) is 5.73 Å². The van der Waals surface area contributed by atoms with Crippen molar-refractivity contribution in [3.63, 3.8) is 0 Å². The maximum absolute atomic E-state index is 11.9. The lowest BCUT2D eigenvalue weighted by molar-refractivity contribution is -0.130. The van der Waals surface area contributed by atoms with Crippen molar-refractivity contribution in [1.29, 1.82) is 0 Å². The Labute approximate surface area is 107 Å². The molecule has 1 atom stereocenters. The van der Waals surface area contributed by atoms with E-state index in [1.807, 2.05) is 23.1 Å². The summed E-state index contributed by atoms with van der Waals surface area (Å²) in [6, 6.07) is 7.13. The number of hydrogen-bond donors (Lipinski definition) is 1. The van der Waals surface area contributed by atoms with Gasteiger partial charge < -0.3 is 10.6 Å². The van der Waals surface area contributed by atoms with Gasteiger partial charge in [-0.15, -0.1) is 0 Å². The molecule has 2 N–H and O–H groups in total. The van der Waals surface area contributed by atoms with Crippen molar-refractivity contribution < 1.29 is 4.79 Å². The van der Waals surface area contributed by atoms with Gasteiger partial charge in [0.2, 0.25) is 5.91 Å². The number of nitrogens with two attached hydrogens (primary N) is 1. The van der Waals surface area contributed by atoms with Crippen LogP contribution in [0, 0.1) is 0 Å². The second-order valence-electron chi connectivity index (χ2n) is 4.42. The van der Waals surface area contributed by atoms with Gasteiger partial charge in [0.25, 0.3) is 0 Å². The third-order valence-electron chi connectivity index (χ3n) is 3.16. The molecule has 3 nitrogen and oxygen atoms in total. The number of carbonyl (C=O) groups is 1. The minimum Gasteiger partial charge on any atom is -0.343 e. The first-order valence-electron chi connectivity index (χ1n) is 5.96. The summed E-state index contributed by atoms with van der Waals surface area (Å²) in [6.07, 6.45) is 2.55. The fourth-order valence-electron chi connectivity index (χ4n) is 2.17. The molecule has 1 amide bonds. The molecular formula is C13H17ClN2O. The highest BCUT2D eigenvalue weighted by molar-refractivity contribution is 6.31. The fraction of sp³-hybridized carbons (Fsp3) is 0.462. The minimum atomic E-state index is -0.309. The number of carbonyl (C=O) groups excluding carboxylic acids is 1. The molecule has 0 aliphatic carbocycles. The zero-order chi connectivity index (χ0) is 12.3. The molecule has 1 aliphatic heterocycles. The lowest BCUT2D eigenvalue weighted by Gasteiger charge is -2.19. The molecule has 1 fully saturated rings. The molecule has 1 aromatic rings. The number of rotatable bonds is 3. The van der Waals surface area contributed by atoms with E-state index >= 15 is 0 Å². The number of benzene rings is 1. The second kappa shape index (κ2) is 5.52. The van der Waals surface area contributed by atoms with Gasteiger partial charge in [-0.3, -0.25) is 4.79 Å². The normalized spacial score (nSPS) is 17.2. The summed E-state index contributed by atoms with van der Waals surface area (Å²) in [7, 11) is 0. The Bertz CT molecular complexity index is 402. The molecule has 0 aromatic heterocycles. The third kappa shape index (κ3) is 2.99. The van der Waals surface area contributed by atoms with Crippen LogP contribution < -0.4 is 5.73 Å². The molecule has 1 heterocycles. The van der Waals surface area contributed by atoms with Crippen LogP contribution in [0.4, 0.5) is 0 Å². The molecule has 1 aliphatic rings. The molecule has 4 heteroatoms. The second-order valence-corrected chi connectivity index (χ2v) is 4.83. The van der Waals surface area contributed by atoms with Crippen LogP contribution in [-0.4, -0.2) is 23.9 Å². The van der Waals surface area contributed by atoms with Gasteiger partial charge in [0.15, 0.2) is 0 Å². The van der Waals surface area contributed by atoms with E-state index in [1.54, 1.807) is 6.07 Å². The Morgan fingerprint density at radius 2 is 2.00 bits per heavy atom. The van der Waals surface area contributed by atoms with Crippen LogP contribution in [0.15, 0.2) is 24.3 Å². The highest BCUT2D eigenvalue weighted by Gasteiger charge is 2.21. The Hall–Kier alpha value is -1.06. The van der Waals surface area contributed by atoms with Crippen LogP contribution in [0.1, 0.15) is 30.9 Å². The highest BCUT2D eigenvalue weighted by Crippen LogP contribution is 2.24. The molecule has 0 radical (unpaired) electrons. The van der Waals surface area contributed by atoms with Crippen LogP contribution >= 0.6 is 11.6 Å². The zero-order valence-corrected chi connectivity index (χ0v) is 10.5. The smallest absolute Gasteiger partial charge is 0.224 e. The van der Waals surface area contributed by atoms with Gasteiger partial charge in [-0.2, -0.15) is 0 Å². The van der Waals surface area contributed by atoms with Crippen molar-refractivity contribution in [2.45, 2.75) is 25.3 Å². The summed E-state index contributed by atoms with van der Waals surface area (Å²) in [4.78, 5) is 13.8. The van der Waals surface area contributed by atoms with Gasteiger partial charge in [-0.25, -0.2) is 0 Å². The van der Waals surface area contributed by atoms with Crippen LogP contribution in [0.5, 0.6) is 0 Å². The molecule has 92 valence electrons. The molecule has 17 heavy (non-hydrogen) atoms. The fourth-order valence-corrected chi connectivity index (χ4v) is 2.45. The minimum absolute atomic E-state index is 0.134. The van der Waals surface area contributed by atoms with Crippen LogP contribution in [0.2, 0.25) is 5.02 Å². The molecule has 0 unspecified atom stereocenters. The van der Waals surface area contributed by atoms with Gasteiger partial charge in [0.1, 0.15) is 0 Å². The predicted molar refractivity (Wildman–Crippen MR) is 68.8 cm³/mol.